The van der Waals surface area contributed by atoms with Gasteiger partial charge in [-0.1, -0.05) is 0 Å². The summed E-state index contributed by atoms with van der Waals surface area (Å²) in [5, 5.41) is 6.12. The van der Waals surface area contributed by atoms with E-state index in [-0.39, 0.29) is 11.9 Å². The van der Waals surface area contributed by atoms with Crippen molar-refractivity contribution >= 4 is 11.6 Å². The molecule has 0 saturated heterocycles. The maximum atomic E-state index is 11.8. The van der Waals surface area contributed by atoms with Crippen LogP contribution in [0.4, 0.5) is 5.69 Å². The summed E-state index contributed by atoms with van der Waals surface area (Å²) in [6.07, 6.45) is 1.80. The van der Waals surface area contributed by atoms with Gasteiger partial charge in [0.2, 0.25) is 0 Å². The summed E-state index contributed by atoms with van der Waals surface area (Å²) in [6.45, 7) is 6.49. The highest BCUT2D eigenvalue weighted by Crippen LogP contribution is 2.10. The topological polar surface area (TPSA) is 69.8 Å². The zero-order valence-corrected chi connectivity index (χ0v) is 12.0. The van der Waals surface area contributed by atoms with E-state index in [2.05, 4.69) is 20.6 Å². The smallest absolute Gasteiger partial charge is 0.251 e. The Morgan fingerprint density at radius 3 is 2.55 bits per heavy atom. The first-order chi connectivity index (χ1) is 9.54. The van der Waals surface area contributed by atoms with E-state index in [1.54, 1.807) is 6.20 Å². The van der Waals surface area contributed by atoms with Crippen molar-refractivity contribution < 1.29 is 4.79 Å². The van der Waals surface area contributed by atoms with Gasteiger partial charge in [0, 0.05) is 29.2 Å². The van der Waals surface area contributed by atoms with Gasteiger partial charge < -0.3 is 15.6 Å². The lowest BCUT2D eigenvalue weighted by atomic mass is 10.2. The third-order valence-corrected chi connectivity index (χ3v) is 2.78. The second-order valence-electron chi connectivity index (χ2n) is 5.07. The van der Waals surface area contributed by atoms with Crippen LogP contribution in [0.15, 0.2) is 30.5 Å². The van der Waals surface area contributed by atoms with Gasteiger partial charge in [-0.2, -0.15) is 0 Å². The fourth-order valence-corrected chi connectivity index (χ4v) is 1.83. The van der Waals surface area contributed by atoms with E-state index in [0.717, 1.165) is 17.2 Å². The van der Waals surface area contributed by atoms with Crippen molar-refractivity contribution in [1.29, 1.82) is 0 Å². The maximum absolute atomic E-state index is 11.8. The van der Waals surface area contributed by atoms with E-state index in [1.807, 2.05) is 45.0 Å². The lowest BCUT2D eigenvalue weighted by molar-refractivity contribution is 0.0943. The summed E-state index contributed by atoms with van der Waals surface area (Å²) in [5.41, 5.74) is 2.67. The third kappa shape index (κ3) is 3.85. The number of hydrogen-bond donors (Lipinski definition) is 3. The van der Waals surface area contributed by atoms with E-state index in [9.17, 15) is 4.79 Å². The molecule has 1 aromatic carbocycles. The number of carbonyl (C=O) groups is 1. The van der Waals surface area contributed by atoms with Crippen LogP contribution < -0.4 is 10.6 Å². The average molecular weight is 272 g/mol. The van der Waals surface area contributed by atoms with Gasteiger partial charge in [0.15, 0.2) is 0 Å². The number of benzene rings is 1. The number of nitrogens with zero attached hydrogens (tertiary/aromatic N) is 1. The molecule has 1 aromatic heterocycles. The van der Waals surface area contributed by atoms with Gasteiger partial charge in [0.25, 0.3) is 5.91 Å². The molecule has 0 unspecified atom stereocenters. The molecule has 2 aromatic rings. The van der Waals surface area contributed by atoms with Crippen molar-refractivity contribution in [1.82, 2.24) is 15.3 Å². The van der Waals surface area contributed by atoms with Crippen molar-refractivity contribution in [3.63, 3.8) is 0 Å². The Balaban J connectivity index is 1.93. The molecule has 0 fully saturated rings. The van der Waals surface area contributed by atoms with Crippen molar-refractivity contribution in [3.8, 4) is 0 Å². The number of aromatic amines is 1. The van der Waals surface area contributed by atoms with E-state index in [0.29, 0.717) is 12.1 Å². The van der Waals surface area contributed by atoms with Gasteiger partial charge in [-0.15, -0.1) is 0 Å². The number of carbonyl (C=O) groups excluding carboxylic acids is 1. The van der Waals surface area contributed by atoms with Crippen molar-refractivity contribution in [2.24, 2.45) is 0 Å². The molecule has 5 heteroatoms. The molecule has 3 N–H and O–H groups in total. The minimum Gasteiger partial charge on any atom is -0.378 e. The number of nitrogens with one attached hydrogen (secondary N) is 3. The molecule has 0 aliphatic rings. The molecule has 0 bridgehead atoms. The fraction of sp³-hybridized carbons (Fsp3) is 0.333. The van der Waals surface area contributed by atoms with E-state index >= 15 is 0 Å². The van der Waals surface area contributed by atoms with Gasteiger partial charge in [0.1, 0.15) is 5.82 Å². The van der Waals surface area contributed by atoms with E-state index in [1.165, 1.54) is 0 Å². The number of anilines is 1. The Morgan fingerprint density at radius 1 is 1.30 bits per heavy atom. The molecule has 0 spiro atoms. The standard InChI is InChI=1S/C15H20N4O/c1-10(2)18-15(20)12-4-6-13(7-5-12)16-9-14-17-8-11(3)19-14/h4-8,10,16H,9H2,1-3H3,(H,17,19)(H,18,20). The number of H-pyrrole nitrogens is 1. The Bertz CT molecular complexity index is 572. The minimum atomic E-state index is -0.0480. The van der Waals surface area contributed by atoms with Crippen LogP contribution in [0.2, 0.25) is 0 Å². The molecule has 106 valence electrons. The van der Waals surface area contributed by atoms with Gasteiger partial charge in [-0.05, 0) is 45.0 Å². The first-order valence-corrected chi connectivity index (χ1v) is 6.70. The SMILES string of the molecule is Cc1cnc(CNc2ccc(C(=O)NC(C)C)cc2)[nH]1. The highest BCUT2D eigenvalue weighted by molar-refractivity contribution is 5.94. The number of aromatic nitrogens is 2. The van der Waals surface area contributed by atoms with E-state index < -0.39 is 0 Å². The molecular formula is C15H20N4O. The van der Waals surface area contributed by atoms with Crippen LogP contribution in [-0.4, -0.2) is 21.9 Å². The van der Waals surface area contributed by atoms with Crippen LogP contribution >= 0.6 is 0 Å². The van der Waals surface area contributed by atoms with Gasteiger partial charge in [-0.25, -0.2) is 4.98 Å². The summed E-state index contributed by atoms with van der Waals surface area (Å²) < 4.78 is 0. The average Bonchev–Trinajstić information content (AvgIpc) is 2.82. The largest absolute Gasteiger partial charge is 0.378 e. The highest BCUT2D eigenvalue weighted by Gasteiger charge is 2.06. The highest BCUT2D eigenvalue weighted by atomic mass is 16.1. The number of imidazole rings is 1. The molecule has 0 radical (unpaired) electrons. The van der Waals surface area contributed by atoms with Crippen LogP contribution in [0.5, 0.6) is 0 Å². The molecule has 0 atom stereocenters. The third-order valence-electron chi connectivity index (χ3n) is 2.78. The molecule has 0 saturated carbocycles. The summed E-state index contributed by atoms with van der Waals surface area (Å²) in [7, 11) is 0. The molecule has 0 aliphatic heterocycles. The molecule has 20 heavy (non-hydrogen) atoms. The molecule has 2 rings (SSSR count). The maximum Gasteiger partial charge on any atom is 0.251 e. The number of aryl methyl sites for hydroxylation is 1. The zero-order chi connectivity index (χ0) is 14.5. The van der Waals surface area contributed by atoms with Crippen LogP contribution in [-0.2, 0) is 6.54 Å². The Kier molecular flexibility index (Phi) is 4.40. The summed E-state index contributed by atoms with van der Waals surface area (Å²) in [4.78, 5) is 19.2. The van der Waals surface area contributed by atoms with Gasteiger partial charge in [-0.3, -0.25) is 4.79 Å². The van der Waals surface area contributed by atoms with Crippen molar-refractivity contribution in [2.75, 3.05) is 5.32 Å². The zero-order valence-electron chi connectivity index (χ0n) is 12.0. The van der Waals surface area contributed by atoms with Crippen LogP contribution in [0.3, 0.4) is 0 Å². The fourth-order valence-electron chi connectivity index (χ4n) is 1.83. The Hall–Kier alpha value is -2.30. The summed E-state index contributed by atoms with van der Waals surface area (Å²) >= 11 is 0. The first-order valence-electron chi connectivity index (χ1n) is 6.70. The number of hydrogen-bond acceptors (Lipinski definition) is 3. The number of rotatable bonds is 5. The lowest BCUT2D eigenvalue weighted by Gasteiger charge is -2.09. The second kappa shape index (κ2) is 6.23. The lowest BCUT2D eigenvalue weighted by Crippen LogP contribution is -2.29. The predicted octanol–water partition coefficient (Wildman–Crippen LogP) is 2.47. The molecule has 1 amide bonds. The van der Waals surface area contributed by atoms with Gasteiger partial charge in [0.05, 0.1) is 6.54 Å². The quantitative estimate of drug-likeness (QED) is 0.783. The van der Waals surface area contributed by atoms with Crippen LogP contribution in [0.1, 0.15) is 35.7 Å². The summed E-state index contributed by atoms with van der Waals surface area (Å²) in [6, 6.07) is 7.55. The molecule has 5 nitrogen and oxygen atoms in total. The number of amides is 1. The Morgan fingerprint density at radius 2 is 2.00 bits per heavy atom. The minimum absolute atomic E-state index is 0.0480. The molecule has 1 heterocycles. The van der Waals surface area contributed by atoms with Crippen LogP contribution in [0.25, 0.3) is 0 Å². The second-order valence-corrected chi connectivity index (χ2v) is 5.07. The predicted molar refractivity (Wildman–Crippen MR) is 79.7 cm³/mol. The Labute approximate surface area is 118 Å². The first kappa shape index (κ1) is 14.1. The summed E-state index contributed by atoms with van der Waals surface area (Å²) in [5.74, 6) is 0.845. The van der Waals surface area contributed by atoms with Crippen LogP contribution in [0, 0.1) is 6.92 Å². The van der Waals surface area contributed by atoms with E-state index in [4.69, 9.17) is 0 Å². The molecule has 0 aliphatic carbocycles. The van der Waals surface area contributed by atoms with Crippen molar-refractivity contribution in [2.45, 2.75) is 33.4 Å². The molecular weight excluding hydrogens is 252 g/mol. The monoisotopic (exact) mass is 272 g/mol. The van der Waals surface area contributed by atoms with Gasteiger partial charge >= 0.3 is 0 Å². The van der Waals surface area contributed by atoms with Crippen molar-refractivity contribution in [3.05, 3.63) is 47.5 Å². The normalized spacial score (nSPS) is 10.6.